The van der Waals surface area contributed by atoms with Crippen molar-refractivity contribution in [3.05, 3.63) is 0 Å². The van der Waals surface area contributed by atoms with E-state index in [1.807, 2.05) is 0 Å². The van der Waals surface area contributed by atoms with Crippen molar-refractivity contribution in [3.8, 4) is 0 Å². The van der Waals surface area contributed by atoms with Gasteiger partial charge in [-0.2, -0.15) is 11.8 Å². The number of unbranched alkanes of at least 4 members (excludes halogenated alkanes) is 4. The Balaban J connectivity index is 1.90. The van der Waals surface area contributed by atoms with Gasteiger partial charge >= 0.3 is 0 Å². The van der Waals surface area contributed by atoms with E-state index in [0.29, 0.717) is 0 Å². The summed E-state index contributed by atoms with van der Waals surface area (Å²) >= 11 is 2.06. The molecule has 0 spiro atoms. The molecule has 0 bridgehead atoms. The first-order valence-corrected chi connectivity index (χ1v) is 8.41. The third-order valence-corrected chi connectivity index (χ3v) is 4.86. The second-order valence-electron chi connectivity index (χ2n) is 5.08. The zero-order valence-electron chi connectivity index (χ0n) is 11.1. The molecule has 1 nitrogen and oxygen atoms in total. The molecule has 96 valence electrons. The van der Waals surface area contributed by atoms with E-state index < -0.39 is 0 Å². The second kappa shape index (κ2) is 9.35. The van der Waals surface area contributed by atoms with Gasteiger partial charge < -0.3 is 5.32 Å². The average Bonchev–Trinajstić information content (AvgIpc) is 2.34. The van der Waals surface area contributed by atoms with Crippen LogP contribution in [0.5, 0.6) is 0 Å². The first kappa shape index (κ1) is 14.4. The molecule has 1 aliphatic carbocycles. The van der Waals surface area contributed by atoms with Crippen molar-refractivity contribution < 1.29 is 0 Å². The van der Waals surface area contributed by atoms with Crippen LogP contribution in [-0.2, 0) is 0 Å². The third kappa shape index (κ3) is 6.15. The Hall–Kier alpha value is 0.310. The molecule has 0 heterocycles. The predicted octanol–water partition coefficient (Wildman–Crippen LogP) is 4.22. The van der Waals surface area contributed by atoms with Crippen LogP contribution in [0, 0.1) is 0 Å². The van der Waals surface area contributed by atoms with Crippen LogP contribution in [-0.4, -0.2) is 24.1 Å². The SMILES string of the molecule is CCCCCCCNC1CCC(SC)CC1. The Kier molecular flexibility index (Phi) is 8.40. The largest absolute Gasteiger partial charge is 0.314 e. The quantitative estimate of drug-likeness (QED) is 0.641. The Bertz CT molecular complexity index is 153. The van der Waals surface area contributed by atoms with Crippen molar-refractivity contribution >= 4 is 11.8 Å². The van der Waals surface area contributed by atoms with Crippen molar-refractivity contribution in [1.29, 1.82) is 0 Å². The van der Waals surface area contributed by atoms with E-state index in [1.165, 1.54) is 64.3 Å². The molecule has 0 aromatic heterocycles. The standard InChI is InChI=1S/C14H29NS/c1-3-4-5-6-7-12-15-13-8-10-14(16-2)11-9-13/h13-15H,3-12H2,1-2H3. The second-order valence-corrected chi connectivity index (χ2v) is 6.22. The summed E-state index contributed by atoms with van der Waals surface area (Å²) in [6.45, 7) is 3.53. The molecule has 0 radical (unpaired) electrons. The molecule has 1 fully saturated rings. The molecule has 0 amide bonds. The Morgan fingerprint density at radius 1 is 1.00 bits per heavy atom. The van der Waals surface area contributed by atoms with E-state index in [9.17, 15) is 0 Å². The van der Waals surface area contributed by atoms with Crippen LogP contribution in [0.25, 0.3) is 0 Å². The highest BCUT2D eigenvalue weighted by atomic mass is 32.2. The van der Waals surface area contributed by atoms with Crippen molar-refractivity contribution in [2.24, 2.45) is 0 Å². The Morgan fingerprint density at radius 3 is 2.31 bits per heavy atom. The zero-order chi connectivity index (χ0) is 11.6. The number of hydrogen-bond donors (Lipinski definition) is 1. The van der Waals surface area contributed by atoms with Gasteiger partial charge in [0.05, 0.1) is 0 Å². The number of nitrogens with one attached hydrogen (secondary N) is 1. The normalized spacial score (nSPS) is 25.9. The summed E-state index contributed by atoms with van der Waals surface area (Å²) in [6.07, 6.45) is 14.9. The van der Waals surface area contributed by atoms with Gasteiger partial charge in [-0.15, -0.1) is 0 Å². The molecule has 0 aromatic rings. The van der Waals surface area contributed by atoms with Gasteiger partial charge in [0.15, 0.2) is 0 Å². The molecule has 0 unspecified atom stereocenters. The van der Waals surface area contributed by atoms with Crippen LogP contribution >= 0.6 is 11.8 Å². The average molecular weight is 243 g/mol. The maximum atomic E-state index is 3.73. The van der Waals surface area contributed by atoms with Crippen LogP contribution in [0.3, 0.4) is 0 Å². The van der Waals surface area contributed by atoms with Crippen LogP contribution < -0.4 is 5.32 Å². The van der Waals surface area contributed by atoms with E-state index in [-0.39, 0.29) is 0 Å². The summed E-state index contributed by atoms with van der Waals surface area (Å²) < 4.78 is 0. The van der Waals surface area contributed by atoms with Crippen LogP contribution in [0.4, 0.5) is 0 Å². The fourth-order valence-corrected chi connectivity index (χ4v) is 3.28. The molecular formula is C14H29NS. The Labute approximate surface area is 106 Å². The van der Waals surface area contributed by atoms with Gasteiger partial charge in [-0.1, -0.05) is 32.6 Å². The van der Waals surface area contributed by atoms with Crippen molar-refractivity contribution in [1.82, 2.24) is 5.32 Å². The van der Waals surface area contributed by atoms with Gasteiger partial charge in [0.2, 0.25) is 0 Å². The number of rotatable bonds is 8. The maximum Gasteiger partial charge on any atom is 0.00678 e. The highest BCUT2D eigenvalue weighted by molar-refractivity contribution is 7.99. The molecule has 0 atom stereocenters. The summed E-state index contributed by atoms with van der Waals surface area (Å²) in [5, 5.41) is 4.68. The van der Waals surface area contributed by atoms with Crippen LogP contribution in [0.15, 0.2) is 0 Å². The van der Waals surface area contributed by atoms with Gasteiger partial charge in [-0.05, 0) is 44.9 Å². The molecule has 1 saturated carbocycles. The van der Waals surface area contributed by atoms with E-state index in [4.69, 9.17) is 0 Å². The summed E-state index contributed by atoms with van der Waals surface area (Å²) in [5.41, 5.74) is 0. The Morgan fingerprint density at radius 2 is 1.69 bits per heavy atom. The molecule has 0 aromatic carbocycles. The molecule has 1 N–H and O–H groups in total. The summed E-state index contributed by atoms with van der Waals surface area (Å²) in [5.74, 6) is 0. The first-order chi connectivity index (χ1) is 7.86. The van der Waals surface area contributed by atoms with Crippen LogP contribution in [0.2, 0.25) is 0 Å². The summed E-state index contributed by atoms with van der Waals surface area (Å²) in [7, 11) is 0. The maximum absolute atomic E-state index is 3.73. The lowest BCUT2D eigenvalue weighted by molar-refractivity contribution is 0.376. The number of hydrogen-bond acceptors (Lipinski definition) is 2. The smallest absolute Gasteiger partial charge is 0.00678 e. The lowest BCUT2D eigenvalue weighted by atomic mass is 9.95. The van der Waals surface area contributed by atoms with Gasteiger partial charge in [0.25, 0.3) is 0 Å². The van der Waals surface area contributed by atoms with E-state index >= 15 is 0 Å². The van der Waals surface area contributed by atoms with Crippen molar-refractivity contribution in [2.45, 2.75) is 76.0 Å². The highest BCUT2D eigenvalue weighted by Gasteiger charge is 2.19. The molecule has 0 saturated heterocycles. The fourth-order valence-electron chi connectivity index (χ4n) is 2.54. The third-order valence-electron chi connectivity index (χ3n) is 3.72. The predicted molar refractivity (Wildman–Crippen MR) is 76.3 cm³/mol. The van der Waals surface area contributed by atoms with Gasteiger partial charge in [0, 0.05) is 11.3 Å². The molecule has 16 heavy (non-hydrogen) atoms. The van der Waals surface area contributed by atoms with Gasteiger partial charge in [-0.25, -0.2) is 0 Å². The van der Waals surface area contributed by atoms with E-state index in [2.05, 4.69) is 30.3 Å². The zero-order valence-corrected chi connectivity index (χ0v) is 12.0. The minimum absolute atomic E-state index is 0.828. The first-order valence-electron chi connectivity index (χ1n) is 7.13. The lowest BCUT2D eigenvalue weighted by Gasteiger charge is -2.28. The number of thioether (sulfide) groups is 1. The van der Waals surface area contributed by atoms with E-state index in [1.54, 1.807) is 0 Å². The summed E-state index contributed by atoms with van der Waals surface area (Å²) in [6, 6.07) is 0.828. The molecule has 1 aliphatic rings. The van der Waals surface area contributed by atoms with Crippen molar-refractivity contribution in [2.75, 3.05) is 12.8 Å². The van der Waals surface area contributed by atoms with Gasteiger partial charge in [0.1, 0.15) is 0 Å². The summed E-state index contributed by atoms with van der Waals surface area (Å²) in [4.78, 5) is 0. The van der Waals surface area contributed by atoms with Gasteiger partial charge in [-0.3, -0.25) is 0 Å². The fraction of sp³-hybridized carbons (Fsp3) is 1.00. The topological polar surface area (TPSA) is 12.0 Å². The highest BCUT2D eigenvalue weighted by Crippen LogP contribution is 2.26. The molecule has 0 aliphatic heterocycles. The van der Waals surface area contributed by atoms with Crippen LogP contribution in [0.1, 0.15) is 64.7 Å². The van der Waals surface area contributed by atoms with Crippen molar-refractivity contribution in [3.63, 3.8) is 0 Å². The minimum atomic E-state index is 0.828. The lowest BCUT2D eigenvalue weighted by Crippen LogP contribution is -2.34. The molecule has 2 heteroatoms. The minimum Gasteiger partial charge on any atom is -0.314 e. The van der Waals surface area contributed by atoms with E-state index in [0.717, 1.165) is 11.3 Å². The monoisotopic (exact) mass is 243 g/mol. The molecular weight excluding hydrogens is 214 g/mol. The molecule has 1 rings (SSSR count).